The number of Topliss-reactive ketones (excluding diaryl/α,β-unsaturated/α-hetero) is 3. The lowest BCUT2D eigenvalue weighted by atomic mass is 9.81. The third kappa shape index (κ3) is 92.3. The molecule has 8 unspecified atom stereocenters. The van der Waals surface area contributed by atoms with Crippen LogP contribution in [0.2, 0.25) is 0 Å². The summed E-state index contributed by atoms with van der Waals surface area (Å²) in [4.78, 5) is 129. The van der Waals surface area contributed by atoms with Gasteiger partial charge in [0.05, 0.1) is 83.0 Å². The molecule has 0 bridgehead atoms. The molecule has 0 aromatic carbocycles. The van der Waals surface area contributed by atoms with Crippen LogP contribution in [-0.4, -0.2) is 228 Å². The fourth-order valence-corrected chi connectivity index (χ4v) is 9.03. The molecule has 0 saturated carbocycles. The van der Waals surface area contributed by atoms with Crippen LogP contribution in [0.15, 0.2) is 0 Å². The van der Waals surface area contributed by atoms with Gasteiger partial charge in [0.2, 0.25) is 11.7 Å². The van der Waals surface area contributed by atoms with Gasteiger partial charge in [-0.15, -0.1) is 0 Å². The molecule has 628 valence electrons. The monoisotopic (exact) mass is 1610 g/mol. The zero-order valence-corrected chi connectivity index (χ0v) is 70.0. The summed E-state index contributed by atoms with van der Waals surface area (Å²) in [5, 5.41) is 0. The van der Waals surface area contributed by atoms with Gasteiger partial charge in [0.1, 0.15) is 51.7 Å². The average Bonchev–Trinajstić information content (AvgIpc) is 1.26. The van der Waals surface area contributed by atoms with Gasteiger partial charge in [-0.25, -0.2) is 4.21 Å². The number of likely N-dealkylation sites (N-methyl/N-ethyl adjacent to an activating group) is 1. The highest BCUT2D eigenvalue weighted by Gasteiger charge is 2.43. The third-order valence-corrected chi connectivity index (χ3v) is 15.5. The molecule has 0 aromatic rings. The molecule has 0 aromatic heterocycles. The van der Waals surface area contributed by atoms with Crippen LogP contribution in [0.3, 0.4) is 0 Å². The number of hydrogen-bond acceptors (Lipinski definition) is 31. The Kier molecular flexibility index (Phi) is 80.9. The molecule has 0 N–H and O–H groups in total. The SMILES string of the molecule is CC.CC(=O)C(F)(F)F.CC(=O)N1CCN(C)CC1.CC(=O)OC1CCOC1.CC(=O)OC1CCOC1.CC(=O)OCCCCC[C@@H]1OC(COC(C)=O)[C@@H](C)[C@H](OC(C)=O)C1C.CCC(C)=O.CCCCC(C)=O.CCCOP(C)(=O)[O-].CCCOP(C)(=O)[O-].CCOP(=O)([O-])OC.CCOS(=O)[O-]. The molecule has 4 saturated heterocycles. The number of nitrogens with zero attached hydrogens (tertiary/aromatic N) is 2. The summed E-state index contributed by atoms with van der Waals surface area (Å²) in [6.45, 7) is 41.2. The first kappa shape index (κ1) is 117. The zero-order valence-electron chi connectivity index (χ0n) is 66.5. The van der Waals surface area contributed by atoms with Gasteiger partial charge < -0.3 is 108 Å². The van der Waals surface area contributed by atoms with Gasteiger partial charge >= 0.3 is 36.0 Å². The number of phosphoric acid groups is 1. The lowest BCUT2D eigenvalue weighted by Gasteiger charge is -2.44. The molecule has 11 atom stereocenters. The summed E-state index contributed by atoms with van der Waals surface area (Å²) in [7, 11) is -7.65. The third-order valence-electron chi connectivity index (χ3n) is 12.7. The van der Waals surface area contributed by atoms with E-state index in [1.165, 1.54) is 34.6 Å². The van der Waals surface area contributed by atoms with E-state index in [1.807, 2.05) is 53.4 Å². The van der Waals surface area contributed by atoms with Gasteiger partial charge in [0.25, 0.3) is 7.82 Å². The highest BCUT2D eigenvalue weighted by atomic mass is 32.2. The Labute approximate surface area is 625 Å². The molecule has 4 rings (SSSR count). The van der Waals surface area contributed by atoms with E-state index in [4.69, 9.17) is 37.9 Å². The second-order valence-corrected chi connectivity index (χ2v) is 28.5. The molecule has 0 aliphatic carbocycles. The second kappa shape index (κ2) is 72.8. The zero-order chi connectivity index (χ0) is 83.5. The number of phosphoric ester groups is 1. The fraction of sp³-hybridized carbons (Fsp3) is 0.864. The number of amides is 1. The molecule has 105 heavy (non-hydrogen) atoms. The van der Waals surface area contributed by atoms with Crippen molar-refractivity contribution in [2.45, 2.75) is 245 Å². The van der Waals surface area contributed by atoms with Crippen LogP contribution in [0, 0.1) is 11.8 Å². The molecular weight excluding hydrogens is 1480 g/mol. The molecule has 1 amide bonds. The second-order valence-electron chi connectivity index (χ2n) is 22.8. The number of carbonyl (C=O) groups excluding carboxylic acids is 9. The number of piperazine rings is 1. The van der Waals surface area contributed by atoms with Crippen molar-refractivity contribution in [2.75, 3.05) is 120 Å². The maximum atomic E-state index is 11.5. The van der Waals surface area contributed by atoms with Crippen molar-refractivity contribution < 1.29 is 154 Å². The van der Waals surface area contributed by atoms with Crippen molar-refractivity contribution in [3.05, 3.63) is 0 Å². The smallest absolute Gasteiger partial charge is 0.449 e. The average molecular weight is 1610 g/mol. The van der Waals surface area contributed by atoms with E-state index < -0.39 is 46.3 Å². The van der Waals surface area contributed by atoms with E-state index in [0.29, 0.717) is 52.2 Å². The normalized spacial score (nSPS) is 20.2. The van der Waals surface area contributed by atoms with Crippen molar-refractivity contribution in [2.24, 2.45) is 11.8 Å². The van der Waals surface area contributed by atoms with E-state index in [1.54, 1.807) is 34.6 Å². The van der Waals surface area contributed by atoms with Crippen molar-refractivity contribution >= 4 is 87.5 Å². The summed E-state index contributed by atoms with van der Waals surface area (Å²) < 4.78 is 144. The largest absolute Gasteiger partial charge is 0.779 e. The number of alkyl halides is 3. The Bertz CT molecular complexity index is 2370. The van der Waals surface area contributed by atoms with Crippen LogP contribution in [0.4, 0.5) is 13.2 Å². The van der Waals surface area contributed by atoms with Crippen LogP contribution in [0.1, 0.15) is 209 Å². The van der Waals surface area contributed by atoms with Crippen LogP contribution < -0.4 is 14.7 Å². The minimum absolute atomic E-state index is 0.0162. The summed E-state index contributed by atoms with van der Waals surface area (Å²) >= 11 is -2.32. The molecule has 39 heteroatoms. The van der Waals surface area contributed by atoms with Gasteiger partial charge in [0.15, 0.2) is 0 Å². The number of unbranched alkanes of at least 4 members (excludes halogenated alkanes) is 3. The van der Waals surface area contributed by atoms with E-state index >= 15 is 0 Å². The Morgan fingerprint density at radius 2 is 0.990 bits per heavy atom. The van der Waals surface area contributed by atoms with Crippen LogP contribution in [0.25, 0.3) is 0 Å². The lowest BCUT2D eigenvalue weighted by molar-refractivity contribution is -0.222. The highest BCUT2D eigenvalue weighted by Crippen LogP contribution is 2.37. The van der Waals surface area contributed by atoms with E-state index in [2.05, 4.69) is 41.1 Å². The van der Waals surface area contributed by atoms with Crippen molar-refractivity contribution in [1.29, 1.82) is 0 Å². The number of hydrogen-bond donors (Lipinski definition) is 0. The highest BCUT2D eigenvalue weighted by molar-refractivity contribution is 7.74. The van der Waals surface area contributed by atoms with E-state index in [-0.39, 0.29) is 104 Å². The van der Waals surface area contributed by atoms with Gasteiger partial charge in [-0.05, 0) is 73.3 Å². The Hall–Kier alpha value is -4.06. The van der Waals surface area contributed by atoms with Crippen molar-refractivity contribution in [1.82, 2.24) is 9.80 Å². The van der Waals surface area contributed by atoms with Crippen LogP contribution in [-0.2, 0) is 128 Å². The van der Waals surface area contributed by atoms with Crippen molar-refractivity contribution in [3.8, 4) is 0 Å². The Morgan fingerprint density at radius 3 is 1.24 bits per heavy atom. The molecule has 0 radical (unpaired) electrons. The lowest BCUT2D eigenvalue weighted by Crippen LogP contribution is -2.52. The molecule has 4 heterocycles. The van der Waals surface area contributed by atoms with E-state index in [9.17, 15) is 93.5 Å². The molecular formula is C66H128F3N2O30P3S-4. The molecule has 32 nitrogen and oxygen atoms in total. The summed E-state index contributed by atoms with van der Waals surface area (Å²) in [5.74, 6) is -2.37. The number of carbonyl (C=O) groups is 9. The van der Waals surface area contributed by atoms with Gasteiger partial charge in [-0.3, -0.25) is 38.1 Å². The van der Waals surface area contributed by atoms with Gasteiger partial charge in [0, 0.05) is 133 Å². The van der Waals surface area contributed by atoms with Gasteiger partial charge in [-0.2, -0.15) is 13.2 Å². The van der Waals surface area contributed by atoms with Crippen LogP contribution >= 0.6 is 23.0 Å². The number of rotatable bonds is 26. The Balaban J connectivity index is -0.000000172. The maximum Gasteiger partial charge on any atom is 0.449 e. The fourth-order valence-electron chi connectivity index (χ4n) is 7.39. The molecule has 0 spiro atoms. The summed E-state index contributed by atoms with van der Waals surface area (Å²) in [6, 6.07) is 0. The first-order valence-corrected chi connectivity index (χ1v) is 41.1. The Morgan fingerprint density at radius 1 is 0.571 bits per heavy atom. The number of ether oxygens (including phenoxy) is 8. The maximum absolute atomic E-state index is 11.5. The van der Waals surface area contributed by atoms with Crippen molar-refractivity contribution in [3.63, 3.8) is 0 Å². The number of halogens is 3. The molecule has 4 aliphatic rings. The predicted octanol–water partition coefficient (Wildman–Crippen LogP) is 9.16. The standard InChI is InChI=1S/C19H32O7.C7H14N2O.2C6H10O3.C6H12O.2C4H11O3P.C4H8O.C3H3F3O.C3H9O4P.C2H6O3S.C2H6/c1-12-17(9-7-6-8-10-23-14(3)20)26-18(11-24-15(4)21)13(2)19(12)25-16(5)22;1-7(10)9-5-3-8(2)4-6-9;2*1-5(7)9-6-2-3-8-4-6;1-3-4-5-6(2)7;2*1-3-4-7-8(2,5)6;1-3-4(2)5;1-2(7)3(4,5)6;1-3-7-8(4,5)6-2;1-2-5-6(3)4;1-2/h12-13,17-19H,6-11H2,1-5H3;3-6H2,1-2H3;2*6H,2-4H2,1H3;3-5H2,1-2H3;2*3-4H2,1-2H3,(H,5,6);3H2,1-2H3;1H3;3H2,1-2H3,(H,4,5);2H2,1H3,(H,3,4);1-2H3/p-4/t12?,13-,17+,18?,19-;;;;;;;;;;;/m1.........../s1. The topological polar surface area (TPSA) is 441 Å². The quantitative estimate of drug-likeness (QED) is 0.0256. The predicted molar refractivity (Wildman–Crippen MR) is 382 cm³/mol. The van der Waals surface area contributed by atoms with E-state index in [0.717, 1.165) is 130 Å². The minimum Gasteiger partial charge on any atom is -0.779 e. The summed E-state index contributed by atoms with van der Waals surface area (Å²) in [6.07, 6.45) is 4.96. The number of esters is 5. The number of ketones is 3. The first-order valence-electron chi connectivity index (χ1n) is 34.7. The molecule has 4 aliphatic heterocycles. The van der Waals surface area contributed by atoms with Gasteiger partial charge in [-0.1, -0.05) is 68.2 Å². The summed E-state index contributed by atoms with van der Waals surface area (Å²) in [5.41, 5.74) is 0. The van der Waals surface area contributed by atoms with Crippen LogP contribution in [0.5, 0.6) is 0 Å². The minimum atomic E-state index is -4.64. The first-order chi connectivity index (χ1) is 48.5. The molecule has 4 fully saturated rings.